The zero-order valence-electron chi connectivity index (χ0n) is 11.5. The van der Waals surface area contributed by atoms with E-state index in [9.17, 15) is 9.18 Å². The summed E-state index contributed by atoms with van der Waals surface area (Å²) >= 11 is 9.13. The first kappa shape index (κ1) is 15.6. The Bertz CT molecular complexity index is 870. The van der Waals surface area contributed by atoms with Crippen molar-refractivity contribution < 1.29 is 9.18 Å². The fourth-order valence-corrected chi connectivity index (χ4v) is 2.51. The molecule has 0 bridgehead atoms. The molecule has 1 aromatic heterocycles. The molecule has 1 amide bonds. The first-order chi connectivity index (χ1) is 11.0. The lowest BCUT2D eigenvalue weighted by Gasteiger charge is -2.12. The van der Waals surface area contributed by atoms with E-state index in [4.69, 9.17) is 11.6 Å². The van der Waals surface area contributed by atoms with Crippen LogP contribution >= 0.6 is 27.5 Å². The van der Waals surface area contributed by atoms with Gasteiger partial charge in [0.2, 0.25) is 0 Å². The number of hydrogen-bond donors (Lipinski definition) is 1. The highest BCUT2D eigenvalue weighted by atomic mass is 79.9. The van der Waals surface area contributed by atoms with Crippen molar-refractivity contribution in [1.82, 2.24) is 14.8 Å². The quantitative estimate of drug-likeness (QED) is 0.727. The van der Waals surface area contributed by atoms with Gasteiger partial charge < -0.3 is 5.32 Å². The van der Waals surface area contributed by atoms with Crippen molar-refractivity contribution in [2.75, 3.05) is 5.32 Å². The van der Waals surface area contributed by atoms with E-state index in [2.05, 4.69) is 31.3 Å². The monoisotopic (exact) mass is 394 g/mol. The molecular weight excluding hydrogens is 387 g/mol. The number of carbonyl (C=O) groups excluding carboxylic acids is 1. The van der Waals surface area contributed by atoms with Crippen molar-refractivity contribution in [2.45, 2.75) is 0 Å². The molecule has 0 spiro atoms. The van der Waals surface area contributed by atoms with Gasteiger partial charge >= 0.3 is 0 Å². The summed E-state index contributed by atoms with van der Waals surface area (Å²) < 4.78 is 15.9. The first-order valence-corrected chi connectivity index (χ1v) is 7.62. The molecule has 1 heterocycles. The van der Waals surface area contributed by atoms with E-state index in [1.807, 2.05) is 0 Å². The fraction of sp³-hybridized carbons (Fsp3) is 0. The average molecular weight is 396 g/mol. The van der Waals surface area contributed by atoms with Crippen LogP contribution in [0.4, 0.5) is 10.1 Å². The van der Waals surface area contributed by atoms with Crippen LogP contribution in [-0.4, -0.2) is 20.7 Å². The Kier molecular flexibility index (Phi) is 4.40. The number of carbonyl (C=O) groups is 1. The molecule has 0 unspecified atom stereocenters. The zero-order valence-corrected chi connectivity index (χ0v) is 13.8. The first-order valence-electron chi connectivity index (χ1n) is 6.45. The van der Waals surface area contributed by atoms with Gasteiger partial charge in [-0.1, -0.05) is 27.5 Å². The third-order valence-electron chi connectivity index (χ3n) is 3.05. The molecule has 0 aliphatic rings. The van der Waals surface area contributed by atoms with Gasteiger partial charge in [-0.3, -0.25) is 4.79 Å². The molecule has 23 heavy (non-hydrogen) atoms. The van der Waals surface area contributed by atoms with Gasteiger partial charge in [0.25, 0.3) is 5.91 Å². The molecule has 0 fully saturated rings. The van der Waals surface area contributed by atoms with Crippen LogP contribution in [0.2, 0.25) is 5.02 Å². The van der Waals surface area contributed by atoms with Crippen molar-refractivity contribution in [1.29, 1.82) is 0 Å². The normalized spacial score (nSPS) is 10.6. The Morgan fingerprint density at radius 1 is 1.26 bits per heavy atom. The molecule has 0 radical (unpaired) electrons. The van der Waals surface area contributed by atoms with E-state index in [1.165, 1.54) is 29.5 Å². The van der Waals surface area contributed by atoms with Crippen LogP contribution in [0.25, 0.3) is 5.69 Å². The third kappa shape index (κ3) is 3.40. The fourth-order valence-electron chi connectivity index (χ4n) is 2.00. The highest BCUT2D eigenvalue weighted by molar-refractivity contribution is 9.10. The van der Waals surface area contributed by atoms with E-state index in [1.54, 1.807) is 24.3 Å². The number of nitrogens with zero attached hydrogens (tertiary/aromatic N) is 3. The van der Waals surface area contributed by atoms with Crippen LogP contribution in [0.1, 0.15) is 10.4 Å². The SMILES string of the molecule is O=C(Nc1cc(Cl)ccc1-n1cncn1)c1ccc(Br)cc1F. The second kappa shape index (κ2) is 6.47. The molecule has 0 aliphatic carbocycles. The molecule has 0 aliphatic heterocycles. The van der Waals surface area contributed by atoms with Crippen molar-refractivity contribution >= 4 is 39.1 Å². The summed E-state index contributed by atoms with van der Waals surface area (Å²) in [5.41, 5.74) is 0.894. The largest absolute Gasteiger partial charge is 0.320 e. The Morgan fingerprint density at radius 3 is 2.78 bits per heavy atom. The second-order valence-electron chi connectivity index (χ2n) is 4.58. The van der Waals surface area contributed by atoms with E-state index in [-0.39, 0.29) is 5.56 Å². The van der Waals surface area contributed by atoms with E-state index in [0.29, 0.717) is 20.9 Å². The molecule has 0 atom stereocenters. The van der Waals surface area contributed by atoms with E-state index in [0.717, 1.165) is 0 Å². The standard InChI is InChI=1S/C15H9BrClFN4O/c16-9-1-3-11(12(18)5-9)15(23)21-13-6-10(17)2-4-14(13)22-8-19-7-20-22/h1-8H,(H,21,23). The summed E-state index contributed by atoms with van der Waals surface area (Å²) in [6.45, 7) is 0. The lowest BCUT2D eigenvalue weighted by atomic mass is 10.2. The Hall–Kier alpha value is -2.25. The molecule has 1 N–H and O–H groups in total. The van der Waals surface area contributed by atoms with Crippen LogP contribution < -0.4 is 5.32 Å². The van der Waals surface area contributed by atoms with Gasteiger partial charge in [-0.15, -0.1) is 0 Å². The molecule has 3 aromatic rings. The maximum atomic E-state index is 13.9. The Labute approximate surface area is 144 Å². The van der Waals surface area contributed by atoms with Crippen molar-refractivity contribution in [3.05, 3.63) is 69.9 Å². The number of aromatic nitrogens is 3. The summed E-state index contributed by atoms with van der Waals surface area (Å²) in [5.74, 6) is -1.21. The van der Waals surface area contributed by atoms with Crippen LogP contribution in [0.5, 0.6) is 0 Å². The minimum absolute atomic E-state index is 0.0716. The Balaban J connectivity index is 1.96. The number of rotatable bonds is 3. The van der Waals surface area contributed by atoms with Gasteiger partial charge in [-0.05, 0) is 36.4 Å². The number of hydrogen-bond acceptors (Lipinski definition) is 3. The number of halogens is 3. The summed E-state index contributed by atoms with van der Waals surface area (Å²) in [6, 6.07) is 9.13. The third-order valence-corrected chi connectivity index (χ3v) is 3.78. The molecule has 8 heteroatoms. The highest BCUT2D eigenvalue weighted by Crippen LogP contribution is 2.25. The second-order valence-corrected chi connectivity index (χ2v) is 5.93. The zero-order chi connectivity index (χ0) is 16.4. The highest BCUT2D eigenvalue weighted by Gasteiger charge is 2.15. The Morgan fingerprint density at radius 2 is 2.09 bits per heavy atom. The van der Waals surface area contributed by atoms with E-state index >= 15 is 0 Å². The van der Waals surface area contributed by atoms with E-state index < -0.39 is 11.7 Å². The summed E-state index contributed by atoms with van der Waals surface area (Å²) in [7, 11) is 0. The van der Waals surface area contributed by atoms with Crippen LogP contribution in [0.3, 0.4) is 0 Å². The van der Waals surface area contributed by atoms with Gasteiger partial charge in [-0.2, -0.15) is 5.10 Å². The molecule has 0 saturated heterocycles. The lowest BCUT2D eigenvalue weighted by molar-refractivity contribution is 0.102. The van der Waals surface area contributed by atoms with Gasteiger partial charge in [0.15, 0.2) is 0 Å². The van der Waals surface area contributed by atoms with Crippen molar-refractivity contribution in [2.24, 2.45) is 0 Å². The summed E-state index contributed by atoms with van der Waals surface area (Å²) in [4.78, 5) is 16.2. The van der Waals surface area contributed by atoms with Gasteiger partial charge in [0.1, 0.15) is 18.5 Å². The smallest absolute Gasteiger partial charge is 0.258 e. The van der Waals surface area contributed by atoms with Gasteiger partial charge in [0.05, 0.1) is 16.9 Å². The minimum Gasteiger partial charge on any atom is -0.320 e. The topological polar surface area (TPSA) is 59.8 Å². The lowest BCUT2D eigenvalue weighted by Crippen LogP contribution is -2.15. The van der Waals surface area contributed by atoms with Crippen LogP contribution in [0, 0.1) is 5.82 Å². The van der Waals surface area contributed by atoms with Crippen LogP contribution in [0.15, 0.2) is 53.5 Å². The maximum absolute atomic E-state index is 13.9. The molecule has 116 valence electrons. The molecule has 5 nitrogen and oxygen atoms in total. The molecular formula is C15H9BrClFN4O. The predicted octanol–water partition coefficient (Wildman–Crippen LogP) is 4.07. The molecule has 0 saturated carbocycles. The predicted molar refractivity (Wildman–Crippen MR) is 88.4 cm³/mol. The summed E-state index contributed by atoms with van der Waals surface area (Å²) in [5, 5.41) is 7.10. The van der Waals surface area contributed by atoms with Crippen molar-refractivity contribution in [3.63, 3.8) is 0 Å². The number of amides is 1. The average Bonchev–Trinajstić information content (AvgIpc) is 3.01. The maximum Gasteiger partial charge on any atom is 0.258 e. The number of anilines is 1. The molecule has 2 aromatic carbocycles. The minimum atomic E-state index is -0.624. The van der Waals surface area contributed by atoms with Crippen LogP contribution in [-0.2, 0) is 0 Å². The van der Waals surface area contributed by atoms with Gasteiger partial charge in [0, 0.05) is 9.50 Å². The number of nitrogens with one attached hydrogen (secondary N) is 1. The molecule has 3 rings (SSSR count). The summed E-state index contributed by atoms with van der Waals surface area (Å²) in [6.07, 6.45) is 2.85. The van der Waals surface area contributed by atoms with Crippen molar-refractivity contribution in [3.8, 4) is 5.69 Å². The van der Waals surface area contributed by atoms with Gasteiger partial charge in [-0.25, -0.2) is 14.1 Å². The number of benzene rings is 2.